The summed E-state index contributed by atoms with van der Waals surface area (Å²) in [6.45, 7) is 2.79. The lowest BCUT2D eigenvalue weighted by atomic mass is 10.2. The number of benzene rings is 1. The van der Waals surface area contributed by atoms with E-state index in [1.807, 2.05) is 35.3 Å². The Labute approximate surface area is 88.4 Å². The first-order valence-corrected chi connectivity index (χ1v) is 5.24. The molecule has 1 aromatic rings. The smallest absolute Gasteiger partial charge is 0.269 e. The van der Waals surface area contributed by atoms with E-state index in [9.17, 15) is 4.79 Å². The average Bonchev–Trinajstić information content (AvgIpc) is 3.03. The summed E-state index contributed by atoms with van der Waals surface area (Å²) in [4.78, 5) is 12.0. The second-order valence-electron chi connectivity index (χ2n) is 3.86. The first-order valence-electron chi connectivity index (χ1n) is 5.24. The number of hydrogen-bond acceptors (Lipinski definition) is 3. The van der Waals surface area contributed by atoms with Crippen molar-refractivity contribution in [3.05, 3.63) is 35.9 Å². The molecule has 2 fully saturated rings. The second-order valence-corrected chi connectivity index (χ2v) is 3.86. The van der Waals surface area contributed by atoms with E-state index < -0.39 is 0 Å². The molecule has 2 heterocycles. The molecule has 15 heavy (non-hydrogen) atoms. The number of fused-ring (bicyclic) bond motifs is 1. The van der Waals surface area contributed by atoms with Crippen molar-refractivity contribution in [1.82, 2.24) is 15.3 Å². The molecule has 2 aliphatic heterocycles. The third kappa shape index (κ3) is 1.42. The van der Waals surface area contributed by atoms with Crippen LogP contribution in [0.25, 0.3) is 0 Å². The molecule has 1 amide bonds. The molecule has 0 saturated carbocycles. The fourth-order valence-electron chi connectivity index (χ4n) is 2.09. The van der Waals surface area contributed by atoms with Crippen molar-refractivity contribution >= 4 is 5.91 Å². The Morgan fingerprint density at radius 2 is 2.13 bits per heavy atom. The van der Waals surface area contributed by atoms with E-state index in [0.29, 0.717) is 0 Å². The molecule has 2 aliphatic rings. The van der Waals surface area contributed by atoms with Crippen LogP contribution >= 0.6 is 0 Å². The van der Waals surface area contributed by atoms with Crippen molar-refractivity contribution in [3.63, 3.8) is 0 Å². The van der Waals surface area contributed by atoms with E-state index in [4.69, 9.17) is 0 Å². The van der Waals surface area contributed by atoms with Crippen LogP contribution < -0.4 is 5.32 Å². The van der Waals surface area contributed by atoms with Gasteiger partial charge in [-0.15, -0.1) is 0 Å². The molecule has 1 N–H and O–H groups in total. The average molecular weight is 203 g/mol. The Kier molecular flexibility index (Phi) is 1.97. The van der Waals surface area contributed by atoms with Crippen LogP contribution in [-0.2, 0) is 0 Å². The highest BCUT2D eigenvalue weighted by molar-refractivity contribution is 5.95. The molecular weight excluding hydrogens is 190 g/mol. The van der Waals surface area contributed by atoms with Gasteiger partial charge in [-0.05, 0) is 12.1 Å². The van der Waals surface area contributed by atoms with Gasteiger partial charge >= 0.3 is 0 Å². The van der Waals surface area contributed by atoms with Crippen molar-refractivity contribution in [2.75, 3.05) is 19.6 Å². The first-order chi connectivity index (χ1) is 7.38. The highest BCUT2D eigenvalue weighted by atomic mass is 16.2. The molecule has 3 rings (SSSR count). The van der Waals surface area contributed by atoms with E-state index in [0.717, 1.165) is 25.2 Å². The maximum Gasteiger partial charge on any atom is 0.269 e. The van der Waals surface area contributed by atoms with Crippen molar-refractivity contribution in [2.24, 2.45) is 0 Å². The summed E-state index contributed by atoms with van der Waals surface area (Å²) >= 11 is 0. The Hall–Kier alpha value is -1.39. The first kappa shape index (κ1) is 8.88. The lowest BCUT2D eigenvalue weighted by Gasteiger charge is -2.07. The minimum Gasteiger partial charge on any atom is -0.312 e. The number of hydrogen-bond donors (Lipinski definition) is 1. The zero-order valence-corrected chi connectivity index (χ0v) is 8.39. The lowest BCUT2D eigenvalue weighted by Crippen LogP contribution is -2.33. The molecule has 0 spiro atoms. The van der Waals surface area contributed by atoms with Crippen molar-refractivity contribution in [3.8, 4) is 0 Å². The number of hydrazine groups is 1. The fraction of sp³-hybridized carbons (Fsp3) is 0.364. The molecule has 2 atom stereocenters. The Morgan fingerprint density at radius 1 is 1.33 bits per heavy atom. The van der Waals surface area contributed by atoms with Crippen LogP contribution in [0.5, 0.6) is 0 Å². The Balaban J connectivity index is 1.77. The van der Waals surface area contributed by atoms with Crippen molar-refractivity contribution < 1.29 is 4.79 Å². The maximum atomic E-state index is 12.0. The summed E-state index contributed by atoms with van der Waals surface area (Å²) in [6, 6.07) is 9.44. The van der Waals surface area contributed by atoms with Crippen LogP contribution in [0.1, 0.15) is 10.4 Å². The second kappa shape index (κ2) is 3.32. The van der Waals surface area contributed by atoms with E-state index >= 15 is 0 Å². The minimum atomic E-state index is 0.115. The van der Waals surface area contributed by atoms with Crippen LogP contribution in [0.15, 0.2) is 30.3 Å². The number of carbonyl (C=O) groups excluding carboxylic acids is 1. The van der Waals surface area contributed by atoms with Gasteiger partial charge in [0.15, 0.2) is 0 Å². The van der Waals surface area contributed by atoms with Gasteiger partial charge in [-0.25, -0.2) is 5.01 Å². The van der Waals surface area contributed by atoms with Crippen LogP contribution in [0.4, 0.5) is 0 Å². The number of nitrogens with one attached hydrogen (secondary N) is 1. The summed E-state index contributed by atoms with van der Waals surface area (Å²) < 4.78 is 0. The van der Waals surface area contributed by atoms with Gasteiger partial charge in [0, 0.05) is 25.2 Å². The zero-order chi connectivity index (χ0) is 10.3. The minimum absolute atomic E-state index is 0.115. The molecule has 2 unspecified atom stereocenters. The van der Waals surface area contributed by atoms with Crippen LogP contribution in [-0.4, -0.2) is 41.7 Å². The van der Waals surface area contributed by atoms with Crippen LogP contribution in [0.3, 0.4) is 0 Å². The maximum absolute atomic E-state index is 12.0. The number of rotatable bonds is 1. The monoisotopic (exact) mass is 203 g/mol. The summed E-state index contributed by atoms with van der Waals surface area (Å²) in [5.41, 5.74) is 0.770. The zero-order valence-electron chi connectivity index (χ0n) is 8.39. The predicted molar refractivity (Wildman–Crippen MR) is 56.0 cm³/mol. The number of amides is 1. The largest absolute Gasteiger partial charge is 0.312 e. The van der Waals surface area contributed by atoms with E-state index in [1.54, 1.807) is 0 Å². The standard InChI is InChI=1S/C11H13N3O/c15-11(9-4-2-1-3-5-9)14-10-8-12-6-7-13(10)14/h1-5,10,12H,6-8H2. The van der Waals surface area contributed by atoms with Gasteiger partial charge in [0.1, 0.15) is 6.17 Å². The molecule has 78 valence electrons. The number of piperazine rings is 1. The van der Waals surface area contributed by atoms with Gasteiger partial charge in [0.2, 0.25) is 0 Å². The lowest BCUT2D eigenvalue weighted by molar-refractivity contribution is 0.0810. The molecule has 0 radical (unpaired) electrons. The van der Waals surface area contributed by atoms with Crippen molar-refractivity contribution in [2.45, 2.75) is 6.17 Å². The Morgan fingerprint density at radius 3 is 2.80 bits per heavy atom. The highest BCUT2D eigenvalue weighted by Crippen LogP contribution is 2.29. The molecule has 0 aliphatic carbocycles. The van der Waals surface area contributed by atoms with Gasteiger partial charge in [-0.1, -0.05) is 18.2 Å². The Bertz CT molecular complexity index is 367. The van der Waals surface area contributed by atoms with Gasteiger partial charge in [0.25, 0.3) is 5.91 Å². The normalized spacial score (nSPS) is 28.4. The quantitative estimate of drug-likeness (QED) is 0.666. The molecule has 0 aromatic heterocycles. The molecular formula is C11H13N3O. The summed E-state index contributed by atoms with van der Waals surface area (Å²) in [6.07, 6.45) is 0.284. The third-order valence-electron chi connectivity index (χ3n) is 2.92. The molecule has 4 heteroatoms. The SMILES string of the molecule is O=C(c1ccccc1)N1C2CNCCN21. The highest BCUT2D eigenvalue weighted by Gasteiger charge is 2.49. The topological polar surface area (TPSA) is 35.1 Å². The number of nitrogens with zero attached hydrogens (tertiary/aromatic N) is 2. The summed E-state index contributed by atoms with van der Waals surface area (Å²) in [5, 5.41) is 7.24. The summed E-state index contributed by atoms with van der Waals surface area (Å²) in [5.74, 6) is 0.115. The van der Waals surface area contributed by atoms with E-state index in [1.165, 1.54) is 0 Å². The van der Waals surface area contributed by atoms with E-state index in [2.05, 4.69) is 10.3 Å². The molecule has 4 nitrogen and oxygen atoms in total. The molecule has 1 aromatic carbocycles. The summed E-state index contributed by atoms with van der Waals surface area (Å²) in [7, 11) is 0. The van der Waals surface area contributed by atoms with Gasteiger partial charge in [-0.3, -0.25) is 4.79 Å². The molecule has 0 bridgehead atoms. The van der Waals surface area contributed by atoms with Gasteiger partial charge in [-0.2, -0.15) is 5.01 Å². The van der Waals surface area contributed by atoms with Gasteiger partial charge < -0.3 is 5.32 Å². The fourth-order valence-corrected chi connectivity index (χ4v) is 2.09. The van der Waals surface area contributed by atoms with Gasteiger partial charge in [0.05, 0.1) is 0 Å². The number of carbonyl (C=O) groups is 1. The third-order valence-corrected chi connectivity index (χ3v) is 2.92. The van der Waals surface area contributed by atoms with Crippen molar-refractivity contribution in [1.29, 1.82) is 0 Å². The van der Waals surface area contributed by atoms with E-state index in [-0.39, 0.29) is 12.1 Å². The predicted octanol–water partition coefficient (Wildman–Crippen LogP) is 0.289. The van der Waals surface area contributed by atoms with Crippen LogP contribution in [0.2, 0.25) is 0 Å². The molecule has 2 saturated heterocycles. The van der Waals surface area contributed by atoms with Crippen LogP contribution in [0, 0.1) is 0 Å².